The fraction of sp³-hybridized carbons (Fsp3) is 0.143. The lowest BCUT2D eigenvalue weighted by Gasteiger charge is -2.09. The van der Waals surface area contributed by atoms with Crippen LogP contribution in [-0.2, 0) is 0 Å². The number of halogens is 2. The van der Waals surface area contributed by atoms with E-state index >= 15 is 0 Å². The minimum absolute atomic E-state index is 0.152. The summed E-state index contributed by atoms with van der Waals surface area (Å²) in [6, 6.07) is 4.98. The number of hydrogen-bond acceptors (Lipinski definition) is 4. The summed E-state index contributed by atoms with van der Waals surface area (Å²) in [5.74, 6) is -0.466. The zero-order valence-corrected chi connectivity index (χ0v) is 11.0. The highest BCUT2D eigenvalue weighted by molar-refractivity contribution is 5.58. The number of benzene rings is 1. The molecule has 0 aliphatic rings. The number of anilines is 3. The third-order valence-electron chi connectivity index (χ3n) is 2.45. The summed E-state index contributed by atoms with van der Waals surface area (Å²) in [5.41, 5.74) is 0.871. The minimum atomic E-state index is -0.679. The lowest BCUT2D eigenvalue weighted by Crippen LogP contribution is -2.06. The second kappa shape index (κ2) is 6.10. The van der Waals surface area contributed by atoms with Crippen molar-refractivity contribution in [1.82, 2.24) is 9.97 Å². The van der Waals surface area contributed by atoms with E-state index in [1.807, 2.05) is 0 Å². The second-order valence-electron chi connectivity index (χ2n) is 4.14. The van der Waals surface area contributed by atoms with Crippen LogP contribution in [0.3, 0.4) is 0 Å². The first-order chi connectivity index (χ1) is 9.58. The average molecular weight is 276 g/mol. The van der Waals surface area contributed by atoms with Crippen LogP contribution >= 0.6 is 0 Å². The zero-order valence-electron chi connectivity index (χ0n) is 11.0. The average Bonchev–Trinajstić information content (AvgIpc) is 2.39. The molecule has 2 aromatic rings. The Balaban J connectivity index is 2.23. The lowest BCUT2D eigenvalue weighted by molar-refractivity contribution is 0.586. The largest absolute Gasteiger partial charge is 0.351 e. The number of hydrogen-bond donors (Lipinski definition) is 2. The highest BCUT2D eigenvalue weighted by atomic mass is 19.1. The fourth-order valence-electron chi connectivity index (χ4n) is 1.60. The predicted octanol–water partition coefficient (Wildman–Crippen LogP) is 3.40. The van der Waals surface area contributed by atoms with Gasteiger partial charge >= 0.3 is 0 Å². The first kappa shape index (κ1) is 13.9. The van der Waals surface area contributed by atoms with E-state index in [9.17, 15) is 8.78 Å². The van der Waals surface area contributed by atoms with Crippen LogP contribution in [0.4, 0.5) is 26.2 Å². The number of nitrogens with zero attached hydrogens (tertiary/aromatic N) is 2. The molecule has 0 unspecified atom stereocenters. The van der Waals surface area contributed by atoms with Gasteiger partial charge < -0.3 is 10.6 Å². The summed E-state index contributed by atoms with van der Waals surface area (Å²) < 4.78 is 26.4. The van der Waals surface area contributed by atoms with Crippen LogP contribution in [-0.4, -0.2) is 16.5 Å². The van der Waals surface area contributed by atoms with Crippen LogP contribution < -0.4 is 10.6 Å². The highest BCUT2D eigenvalue weighted by Gasteiger charge is 2.06. The number of aromatic nitrogens is 2. The molecule has 1 aromatic carbocycles. The molecule has 0 fully saturated rings. The summed E-state index contributed by atoms with van der Waals surface area (Å²) in [6.45, 7) is 5.91. The van der Waals surface area contributed by atoms with E-state index in [0.29, 0.717) is 18.3 Å². The van der Waals surface area contributed by atoms with Crippen molar-refractivity contribution in [3.63, 3.8) is 0 Å². The van der Waals surface area contributed by atoms with E-state index in [0.717, 1.165) is 11.8 Å². The quantitative estimate of drug-likeness (QED) is 0.822. The summed E-state index contributed by atoms with van der Waals surface area (Å²) in [4.78, 5) is 8.37. The molecule has 0 radical (unpaired) electrons. The smallest absolute Gasteiger partial charge is 0.225 e. The first-order valence-corrected chi connectivity index (χ1v) is 6.01. The Morgan fingerprint density at radius 3 is 2.75 bits per heavy atom. The van der Waals surface area contributed by atoms with Gasteiger partial charge in [-0.3, -0.25) is 0 Å². The fourth-order valence-corrected chi connectivity index (χ4v) is 1.60. The van der Waals surface area contributed by atoms with Gasteiger partial charge in [-0.05, 0) is 19.1 Å². The van der Waals surface area contributed by atoms with Crippen LogP contribution in [0.2, 0.25) is 0 Å². The molecule has 1 heterocycles. The molecule has 0 atom stereocenters. The Hall–Kier alpha value is -2.50. The second-order valence-corrected chi connectivity index (χ2v) is 4.14. The molecule has 0 amide bonds. The molecule has 0 spiro atoms. The standard InChI is InChI=1S/C14H14F2N4/c1-3-6-17-14-18-9(2)7-13(20-14)19-12-5-4-10(15)8-11(12)16/h3-5,7-8H,1,6H2,2H3,(H2,17,18,19,20). The van der Waals surface area contributed by atoms with Crippen molar-refractivity contribution in [3.8, 4) is 0 Å². The van der Waals surface area contributed by atoms with E-state index < -0.39 is 11.6 Å². The Kier molecular flexibility index (Phi) is 4.24. The Morgan fingerprint density at radius 1 is 1.25 bits per heavy atom. The van der Waals surface area contributed by atoms with Gasteiger partial charge in [-0.15, -0.1) is 6.58 Å². The predicted molar refractivity (Wildman–Crippen MR) is 75.1 cm³/mol. The van der Waals surface area contributed by atoms with E-state index in [1.54, 1.807) is 19.1 Å². The topological polar surface area (TPSA) is 49.8 Å². The van der Waals surface area contributed by atoms with Gasteiger partial charge in [-0.2, -0.15) is 4.98 Å². The van der Waals surface area contributed by atoms with Crippen molar-refractivity contribution in [3.05, 3.63) is 54.2 Å². The Bertz CT molecular complexity index is 629. The monoisotopic (exact) mass is 276 g/mol. The van der Waals surface area contributed by atoms with Gasteiger partial charge in [0.25, 0.3) is 0 Å². The normalized spacial score (nSPS) is 10.2. The van der Waals surface area contributed by atoms with Crippen molar-refractivity contribution in [2.75, 3.05) is 17.2 Å². The van der Waals surface area contributed by atoms with E-state index in [4.69, 9.17) is 0 Å². The van der Waals surface area contributed by atoms with Crippen molar-refractivity contribution < 1.29 is 8.78 Å². The minimum Gasteiger partial charge on any atom is -0.351 e. The number of aryl methyl sites for hydroxylation is 1. The van der Waals surface area contributed by atoms with Gasteiger partial charge in [-0.1, -0.05) is 6.08 Å². The molecule has 0 saturated heterocycles. The van der Waals surface area contributed by atoms with E-state index in [1.165, 1.54) is 12.1 Å². The van der Waals surface area contributed by atoms with Crippen LogP contribution in [0.15, 0.2) is 36.9 Å². The first-order valence-electron chi connectivity index (χ1n) is 6.01. The van der Waals surface area contributed by atoms with E-state index in [2.05, 4.69) is 27.2 Å². The maximum atomic E-state index is 13.6. The summed E-state index contributed by atoms with van der Waals surface area (Å²) >= 11 is 0. The number of nitrogens with one attached hydrogen (secondary N) is 2. The molecule has 2 rings (SSSR count). The molecule has 6 heteroatoms. The summed E-state index contributed by atoms with van der Waals surface area (Å²) in [6.07, 6.45) is 1.68. The van der Waals surface area contributed by atoms with Gasteiger partial charge in [-0.25, -0.2) is 13.8 Å². The van der Waals surface area contributed by atoms with Crippen molar-refractivity contribution in [1.29, 1.82) is 0 Å². The van der Waals surface area contributed by atoms with Gasteiger partial charge in [0.05, 0.1) is 5.69 Å². The Labute approximate surface area is 115 Å². The van der Waals surface area contributed by atoms with Crippen LogP contribution in [0.25, 0.3) is 0 Å². The van der Waals surface area contributed by atoms with Gasteiger partial charge in [0.15, 0.2) is 0 Å². The molecule has 1 aromatic heterocycles. The lowest BCUT2D eigenvalue weighted by atomic mass is 10.3. The molecule has 2 N–H and O–H groups in total. The van der Waals surface area contributed by atoms with Gasteiger partial charge in [0.2, 0.25) is 5.95 Å². The Morgan fingerprint density at radius 2 is 2.05 bits per heavy atom. The molecular weight excluding hydrogens is 262 g/mol. The molecule has 0 aliphatic carbocycles. The third kappa shape index (κ3) is 3.50. The highest BCUT2D eigenvalue weighted by Crippen LogP contribution is 2.20. The van der Waals surface area contributed by atoms with Crippen molar-refractivity contribution >= 4 is 17.5 Å². The maximum Gasteiger partial charge on any atom is 0.225 e. The van der Waals surface area contributed by atoms with Crippen LogP contribution in [0, 0.1) is 18.6 Å². The summed E-state index contributed by atoms with van der Waals surface area (Å²) in [5, 5.41) is 5.75. The molecule has 104 valence electrons. The van der Waals surface area contributed by atoms with Gasteiger partial charge in [0.1, 0.15) is 17.5 Å². The number of rotatable bonds is 5. The molecule has 0 saturated carbocycles. The molecule has 0 aliphatic heterocycles. The SMILES string of the molecule is C=CCNc1nc(C)cc(Nc2ccc(F)cc2F)n1. The molecule has 4 nitrogen and oxygen atoms in total. The zero-order chi connectivity index (χ0) is 14.5. The molecule has 20 heavy (non-hydrogen) atoms. The maximum absolute atomic E-state index is 13.6. The summed E-state index contributed by atoms with van der Waals surface area (Å²) in [7, 11) is 0. The van der Waals surface area contributed by atoms with Gasteiger partial charge in [0, 0.05) is 24.4 Å². The van der Waals surface area contributed by atoms with Crippen molar-refractivity contribution in [2.24, 2.45) is 0 Å². The van der Waals surface area contributed by atoms with Crippen LogP contribution in [0.1, 0.15) is 5.69 Å². The van der Waals surface area contributed by atoms with Crippen LogP contribution in [0.5, 0.6) is 0 Å². The molecular formula is C14H14F2N4. The third-order valence-corrected chi connectivity index (χ3v) is 2.45. The molecule has 0 bridgehead atoms. The van der Waals surface area contributed by atoms with E-state index in [-0.39, 0.29) is 5.69 Å². The van der Waals surface area contributed by atoms with Crippen molar-refractivity contribution in [2.45, 2.75) is 6.92 Å².